The maximum Gasteiger partial charge on any atom is 0.220 e. The number of anilines is 1. The van der Waals surface area contributed by atoms with E-state index in [2.05, 4.69) is 19.2 Å². The number of amides is 1. The van der Waals surface area contributed by atoms with Crippen LogP contribution in [0.15, 0.2) is 24.3 Å². The van der Waals surface area contributed by atoms with E-state index >= 15 is 0 Å². The zero-order valence-electron chi connectivity index (χ0n) is 11.9. The smallest absolute Gasteiger partial charge is 0.220 e. The maximum atomic E-state index is 11.9. The van der Waals surface area contributed by atoms with Crippen LogP contribution in [-0.4, -0.2) is 12.5 Å². The molecule has 1 aromatic carbocycles. The van der Waals surface area contributed by atoms with Crippen LogP contribution in [-0.2, 0) is 4.79 Å². The standard InChI is InChI=1S/C16H24N2O/c1-12(13-4-6-14(17)7-5-13)10-15(19)18-11-16(2)8-3-9-16/h4-7,12H,3,8-11,17H2,1-2H3,(H,18,19). The Morgan fingerprint density at radius 1 is 1.37 bits per heavy atom. The average Bonchev–Trinajstić information content (AvgIpc) is 2.35. The van der Waals surface area contributed by atoms with Gasteiger partial charge in [0.25, 0.3) is 0 Å². The van der Waals surface area contributed by atoms with Crippen molar-refractivity contribution in [2.75, 3.05) is 12.3 Å². The van der Waals surface area contributed by atoms with Crippen molar-refractivity contribution >= 4 is 11.6 Å². The van der Waals surface area contributed by atoms with Crippen molar-refractivity contribution in [1.29, 1.82) is 0 Å². The molecule has 1 atom stereocenters. The Kier molecular flexibility index (Phi) is 4.13. The Balaban J connectivity index is 1.79. The first-order valence-corrected chi connectivity index (χ1v) is 7.11. The Bertz CT molecular complexity index is 435. The van der Waals surface area contributed by atoms with Crippen LogP contribution in [0.1, 0.15) is 51.0 Å². The highest BCUT2D eigenvalue weighted by atomic mass is 16.1. The quantitative estimate of drug-likeness (QED) is 0.799. The van der Waals surface area contributed by atoms with Crippen LogP contribution in [0.3, 0.4) is 0 Å². The van der Waals surface area contributed by atoms with Gasteiger partial charge in [0, 0.05) is 18.7 Å². The lowest BCUT2D eigenvalue weighted by atomic mass is 9.70. The van der Waals surface area contributed by atoms with Crippen LogP contribution in [0.2, 0.25) is 0 Å². The van der Waals surface area contributed by atoms with Gasteiger partial charge in [0.05, 0.1) is 0 Å². The largest absolute Gasteiger partial charge is 0.399 e. The van der Waals surface area contributed by atoms with Gasteiger partial charge in [-0.05, 0) is 41.9 Å². The van der Waals surface area contributed by atoms with E-state index < -0.39 is 0 Å². The van der Waals surface area contributed by atoms with Gasteiger partial charge in [-0.1, -0.05) is 32.4 Å². The molecule has 1 fully saturated rings. The maximum absolute atomic E-state index is 11.9. The van der Waals surface area contributed by atoms with Crippen molar-refractivity contribution < 1.29 is 4.79 Å². The van der Waals surface area contributed by atoms with E-state index in [0.29, 0.717) is 11.8 Å². The van der Waals surface area contributed by atoms with E-state index in [1.807, 2.05) is 24.3 Å². The number of nitrogens with two attached hydrogens (primary N) is 1. The molecule has 3 heteroatoms. The Hall–Kier alpha value is -1.51. The highest BCUT2D eigenvalue weighted by Crippen LogP contribution is 2.39. The van der Waals surface area contributed by atoms with Crippen LogP contribution < -0.4 is 11.1 Å². The minimum Gasteiger partial charge on any atom is -0.399 e. The van der Waals surface area contributed by atoms with Gasteiger partial charge in [0.2, 0.25) is 5.91 Å². The van der Waals surface area contributed by atoms with Crippen LogP contribution in [0.4, 0.5) is 5.69 Å². The Labute approximate surface area is 115 Å². The van der Waals surface area contributed by atoms with Gasteiger partial charge in [0.1, 0.15) is 0 Å². The fourth-order valence-corrected chi connectivity index (χ4v) is 2.56. The molecule has 0 radical (unpaired) electrons. The number of carbonyl (C=O) groups is 1. The Morgan fingerprint density at radius 2 is 2.00 bits per heavy atom. The second-order valence-corrected chi connectivity index (χ2v) is 6.21. The monoisotopic (exact) mass is 260 g/mol. The van der Waals surface area contributed by atoms with E-state index in [9.17, 15) is 4.79 Å². The van der Waals surface area contributed by atoms with Crippen molar-refractivity contribution in [3.05, 3.63) is 29.8 Å². The molecule has 1 aliphatic carbocycles. The van der Waals surface area contributed by atoms with Crippen LogP contribution >= 0.6 is 0 Å². The van der Waals surface area contributed by atoms with Gasteiger partial charge in [-0.2, -0.15) is 0 Å². The number of benzene rings is 1. The zero-order valence-corrected chi connectivity index (χ0v) is 11.9. The molecule has 19 heavy (non-hydrogen) atoms. The molecule has 0 saturated heterocycles. The lowest BCUT2D eigenvalue weighted by Crippen LogP contribution is -2.40. The SMILES string of the molecule is CC(CC(=O)NCC1(C)CCC1)c1ccc(N)cc1. The second-order valence-electron chi connectivity index (χ2n) is 6.21. The van der Waals surface area contributed by atoms with Crippen LogP contribution in [0.25, 0.3) is 0 Å². The summed E-state index contributed by atoms with van der Waals surface area (Å²) in [6.07, 6.45) is 4.32. The summed E-state index contributed by atoms with van der Waals surface area (Å²) < 4.78 is 0. The topological polar surface area (TPSA) is 55.1 Å². The molecule has 1 amide bonds. The predicted octanol–water partition coefficient (Wildman–Crippen LogP) is 3.07. The van der Waals surface area contributed by atoms with Crippen LogP contribution in [0.5, 0.6) is 0 Å². The van der Waals surface area contributed by atoms with E-state index in [1.54, 1.807) is 0 Å². The van der Waals surface area contributed by atoms with Crippen molar-refractivity contribution in [1.82, 2.24) is 5.32 Å². The highest BCUT2D eigenvalue weighted by Gasteiger charge is 2.31. The summed E-state index contributed by atoms with van der Waals surface area (Å²) in [5, 5.41) is 3.07. The van der Waals surface area contributed by atoms with E-state index in [4.69, 9.17) is 5.73 Å². The average molecular weight is 260 g/mol. The molecule has 1 aliphatic rings. The molecule has 0 aromatic heterocycles. The molecule has 1 saturated carbocycles. The first-order chi connectivity index (χ1) is 8.98. The summed E-state index contributed by atoms with van der Waals surface area (Å²) in [5.74, 6) is 0.382. The number of nitrogen functional groups attached to an aromatic ring is 1. The Morgan fingerprint density at radius 3 is 2.53 bits per heavy atom. The third kappa shape index (κ3) is 3.72. The first kappa shape index (κ1) is 13.9. The zero-order chi connectivity index (χ0) is 13.9. The molecule has 1 unspecified atom stereocenters. The molecule has 0 heterocycles. The van der Waals surface area contributed by atoms with Gasteiger partial charge < -0.3 is 11.1 Å². The van der Waals surface area contributed by atoms with Gasteiger partial charge in [-0.15, -0.1) is 0 Å². The molecule has 0 aliphatic heterocycles. The molecule has 3 N–H and O–H groups in total. The normalized spacial score (nSPS) is 18.4. The number of rotatable bonds is 5. The van der Waals surface area contributed by atoms with Gasteiger partial charge in [-0.3, -0.25) is 4.79 Å². The third-order valence-corrected chi connectivity index (χ3v) is 4.27. The van der Waals surface area contributed by atoms with E-state index in [1.165, 1.54) is 24.8 Å². The number of hydrogen-bond acceptors (Lipinski definition) is 2. The summed E-state index contributed by atoms with van der Waals surface area (Å²) in [4.78, 5) is 11.9. The first-order valence-electron chi connectivity index (χ1n) is 7.11. The fraction of sp³-hybridized carbons (Fsp3) is 0.562. The fourth-order valence-electron chi connectivity index (χ4n) is 2.56. The molecule has 1 aromatic rings. The number of nitrogens with one attached hydrogen (secondary N) is 1. The molecule has 0 spiro atoms. The molecular weight excluding hydrogens is 236 g/mol. The summed E-state index contributed by atoms with van der Waals surface area (Å²) in [5.41, 5.74) is 7.94. The lowest BCUT2D eigenvalue weighted by Gasteiger charge is -2.38. The van der Waals surface area contributed by atoms with Gasteiger partial charge in [0.15, 0.2) is 0 Å². The van der Waals surface area contributed by atoms with E-state index in [-0.39, 0.29) is 11.8 Å². The molecule has 104 valence electrons. The molecule has 0 bridgehead atoms. The van der Waals surface area contributed by atoms with E-state index in [0.717, 1.165) is 12.2 Å². The van der Waals surface area contributed by atoms with Crippen molar-refractivity contribution in [2.45, 2.75) is 45.4 Å². The molecule has 2 rings (SSSR count). The second kappa shape index (κ2) is 5.64. The predicted molar refractivity (Wildman–Crippen MR) is 78.9 cm³/mol. The summed E-state index contributed by atoms with van der Waals surface area (Å²) in [7, 11) is 0. The van der Waals surface area contributed by atoms with Crippen molar-refractivity contribution in [3.63, 3.8) is 0 Å². The van der Waals surface area contributed by atoms with Gasteiger partial charge >= 0.3 is 0 Å². The molecule has 3 nitrogen and oxygen atoms in total. The third-order valence-electron chi connectivity index (χ3n) is 4.27. The molecular formula is C16H24N2O. The minimum absolute atomic E-state index is 0.150. The highest BCUT2D eigenvalue weighted by molar-refractivity contribution is 5.76. The summed E-state index contributed by atoms with van der Waals surface area (Å²) >= 11 is 0. The van der Waals surface area contributed by atoms with Crippen LogP contribution in [0, 0.1) is 5.41 Å². The minimum atomic E-state index is 0.150. The van der Waals surface area contributed by atoms with Gasteiger partial charge in [-0.25, -0.2) is 0 Å². The number of hydrogen-bond donors (Lipinski definition) is 2. The lowest BCUT2D eigenvalue weighted by molar-refractivity contribution is -0.122. The van der Waals surface area contributed by atoms with Crippen molar-refractivity contribution in [2.24, 2.45) is 5.41 Å². The van der Waals surface area contributed by atoms with Crippen molar-refractivity contribution in [3.8, 4) is 0 Å². The number of carbonyl (C=O) groups excluding carboxylic acids is 1. The summed E-state index contributed by atoms with van der Waals surface area (Å²) in [6.45, 7) is 5.15. The summed E-state index contributed by atoms with van der Waals surface area (Å²) in [6, 6.07) is 7.78.